The molecule has 1 unspecified atom stereocenters. The third-order valence-electron chi connectivity index (χ3n) is 6.49. The van der Waals surface area contributed by atoms with Crippen LogP contribution in [0.3, 0.4) is 0 Å². The number of nitrogens with zero attached hydrogens (tertiary/aromatic N) is 2. The molecule has 3 aromatic rings. The lowest BCUT2D eigenvalue weighted by Gasteiger charge is -2.29. The molecule has 0 amide bonds. The summed E-state index contributed by atoms with van der Waals surface area (Å²) in [4.78, 5) is 9.80. The van der Waals surface area contributed by atoms with Crippen molar-refractivity contribution in [3.63, 3.8) is 0 Å². The summed E-state index contributed by atoms with van der Waals surface area (Å²) in [6.45, 7) is 3.15. The van der Waals surface area contributed by atoms with E-state index in [0.29, 0.717) is 23.0 Å². The van der Waals surface area contributed by atoms with Crippen molar-refractivity contribution in [2.45, 2.75) is 31.3 Å². The Hall–Kier alpha value is -3.29. The number of benzene rings is 2. The van der Waals surface area contributed by atoms with Gasteiger partial charge in [0.1, 0.15) is 0 Å². The summed E-state index contributed by atoms with van der Waals surface area (Å²) < 4.78 is 0. The van der Waals surface area contributed by atoms with Gasteiger partial charge in [0.2, 0.25) is 0 Å². The third-order valence-corrected chi connectivity index (χ3v) is 6.49. The molecule has 0 saturated carbocycles. The monoisotopic (exact) mass is 443 g/mol. The van der Waals surface area contributed by atoms with Crippen LogP contribution in [0.1, 0.15) is 41.1 Å². The van der Waals surface area contributed by atoms with Crippen LogP contribution in [0, 0.1) is 10.8 Å². The second-order valence-electron chi connectivity index (χ2n) is 8.88. The van der Waals surface area contributed by atoms with Gasteiger partial charge in [-0.05, 0) is 74.4 Å². The first-order valence-corrected chi connectivity index (χ1v) is 11.4. The number of hydrogen-bond acceptors (Lipinski definition) is 6. The van der Waals surface area contributed by atoms with Crippen LogP contribution in [0.25, 0.3) is 10.9 Å². The standard InChI is InChI=1S/C26H33N7/c1-30-16-20(14-27)18-4-5-23(28)22(12-18)26(29)25-13-19-11-17(3-6-24(19)32-25)15-31-21-7-9-33(2)10-8-21/h3-6,11-14,16,20-21,27,29,31-32H,7-10,15,28H2,1-2H3. The number of rotatable bonds is 8. The first-order chi connectivity index (χ1) is 16.0. The molecule has 7 nitrogen and oxygen atoms in total. The fourth-order valence-corrected chi connectivity index (χ4v) is 4.43. The number of fused-ring (bicyclic) bond motifs is 1. The second-order valence-corrected chi connectivity index (χ2v) is 8.88. The van der Waals surface area contributed by atoms with Crippen LogP contribution in [0.15, 0.2) is 47.5 Å². The fraction of sp³-hybridized carbons (Fsp3) is 0.346. The molecule has 0 radical (unpaired) electrons. The van der Waals surface area contributed by atoms with E-state index in [-0.39, 0.29) is 5.92 Å². The number of aliphatic imine (C=N–C) groups is 1. The van der Waals surface area contributed by atoms with E-state index in [1.54, 1.807) is 19.3 Å². The number of nitrogens with one attached hydrogen (secondary N) is 4. The summed E-state index contributed by atoms with van der Waals surface area (Å²) in [7, 11) is 3.87. The van der Waals surface area contributed by atoms with Crippen LogP contribution < -0.4 is 11.1 Å². The molecule has 1 aliphatic rings. The first-order valence-electron chi connectivity index (χ1n) is 11.4. The number of anilines is 1. The quantitative estimate of drug-likeness (QED) is 0.269. The zero-order valence-corrected chi connectivity index (χ0v) is 19.4. The highest BCUT2D eigenvalue weighted by Gasteiger charge is 2.17. The number of aromatic amines is 1. The summed E-state index contributed by atoms with van der Waals surface area (Å²) >= 11 is 0. The van der Waals surface area contributed by atoms with Gasteiger partial charge in [-0.1, -0.05) is 12.1 Å². The highest BCUT2D eigenvalue weighted by atomic mass is 15.1. The predicted molar refractivity (Wildman–Crippen MR) is 138 cm³/mol. The first kappa shape index (κ1) is 22.9. The van der Waals surface area contributed by atoms with Crippen LogP contribution in [-0.4, -0.2) is 61.3 Å². The van der Waals surface area contributed by atoms with Gasteiger partial charge in [0.25, 0.3) is 0 Å². The van der Waals surface area contributed by atoms with E-state index in [0.717, 1.165) is 41.8 Å². The Morgan fingerprint density at radius 1 is 1.24 bits per heavy atom. The van der Waals surface area contributed by atoms with E-state index in [1.165, 1.54) is 24.6 Å². The van der Waals surface area contributed by atoms with E-state index >= 15 is 0 Å². The minimum Gasteiger partial charge on any atom is -0.398 e. The smallest absolute Gasteiger partial charge is 0.0868 e. The van der Waals surface area contributed by atoms with Gasteiger partial charge in [0.15, 0.2) is 0 Å². The molecule has 0 bridgehead atoms. The van der Waals surface area contributed by atoms with E-state index in [1.807, 2.05) is 18.2 Å². The van der Waals surface area contributed by atoms with Crippen molar-refractivity contribution >= 4 is 34.7 Å². The van der Waals surface area contributed by atoms with E-state index in [2.05, 4.69) is 45.4 Å². The Labute approximate surface area is 195 Å². The van der Waals surface area contributed by atoms with Gasteiger partial charge >= 0.3 is 0 Å². The number of hydrogen-bond donors (Lipinski definition) is 5. The van der Waals surface area contributed by atoms with Gasteiger partial charge in [-0.25, -0.2) is 0 Å². The molecule has 6 N–H and O–H groups in total. The lowest BCUT2D eigenvalue weighted by Crippen LogP contribution is -2.40. The van der Waals surface area contributed by atoms with Crippen molar-refractivity contribution in [2.75, 3.05) is 32.9 Å². The number of nitrogens with two attached hydrogens (primary N) is 1. The van der Waals surface area contributed by atoms with Crippen molar-refractivity contribution < 1.29 is 0 Å². The minimum atomic E-state index is -0.232. The summed E-state index contributed by atoms with van der Waals surface area (Å²) in [6, 6.07) is 14.6. The third kappa shape index (κ3) is 5.21. The van der Waals surface area contributed by atoms with Gasteiger partial charge in [0, 0.05) is 54.2 Å². The van der Waals surface area contributed by atoms with E-state index in [9.17, 15) is 0 Å². The van der Waals surface area contributed by atoms with Crippen molar-refractivity contribution in [3.8, 4) is 0 Å². The molecule has 0 aliphatic carbocycles. The van der Waals surface area contributed by atoms with Crippen molar-refractivity contribution in [1.29, 1.82) is 10.8 Å². The maximum atomic E-state index is 8.81. The topological polar surface area (TPSA) is 117 Å². The Kier molecular flexibility index (Phi) is 7.01. The maximum Gasteiger partial charge on any atom is 0.0868 e. The number of piperidine rings is 1. The molecule has 0 spiro atoms. The SMILES string of the molecule is CN=CC(C=N)c1ccc(N)c(C(=N)c2cc3cc(CNC4CCN(C)CC4)ccc3[nH]2)c1. The number of nitrogen functional groups attached to an aromatic ring is 1. The van der Waals surface area contributed by atoms with Gasteiger partial charge in [-0.15, -0.1) is 0 Å². The molecule has 1 aromatic heterocycles. The Bertz CT molecular complexity index is 1170. The van der Waals surface area contributed by atoms with Crippen LogP contribution in [0.5, 0.6) is 0 Å². The zero-order chi connectivity index (χ0) is 23.4. The molecule has 172 valence electrons. The molecule has 1 aliphatic heterocycles. The van der Waals surface area contributed by atoms with Crippen LogP contribution >= 0.6 is 0 Å². The maximum absolute atomic E-state index is 8.81. The van der Waals surface area contributed by atoms with Gasteiger partial charge in [0.05, 0.1) is 17.3 Å². The Balaban J connectivity index is 1.52. The van der Waals surface area contributed by atoms with Crippen LogP contribution in [0.2, 0.25) is 0 Å². The minimum absolute atomic E-state index is 0.232. The number of likely N-dealkylation sites (tertiary alicyclic amines) is 1. The number of H-pyrrole nitrogens is 1. The molecule has 1 atom stereocenters. The summed E-state index contributed by atoms with van der Waals surface area (Å²) in [6.07, 6.45) is 5.44. The highest BCUT2D eigenvalue weighted by Crippen LogP contribution is 2.25. The molecule has 1 fully saturated rings. The average Bonchev–Trinajstić information content (AvgIpc) is 3.26. The summed E-state index contributed by atoms with van der Waals surface area (Å²) in [5, 5.41) is 21.3. The molecule has 2 aromatic carbocycles. The molecular formula is C26H33N7. The normalized spacial score (nSPS) is 16.4. The van der Waals surface area contributed by atoms with Gasteiger partial charge < -0.3 is 26.3 Å². The van der Waals surface area contributed by atoms with Gasteiger partial charge in [-0.2, -0.15) is 0 Å². The largest absolute Gasteiger partial charge is 0.398 e. The lowest BCUT2D eigenvalue weighted by molar-refractivity contribution is 0.234. The molecule has 33 heavy (non-hydrogen) atoms. The fourth-order valence-electron chi connectivity index (χ4n) is 4.43. The Morgan fingerprint density at radius 2 is 2.03 bits per heavy atom. The zero-order valence-electron chi connectivity index (χ0n) is 19.4. The molecule has 7 heteroatoms. The number of aromatic nitrogens is 1. The molecular weight excluding hydrogens is 410 g/mol. The lowest BCUT2D eigenvalue weighted by atomic mass is 9.95. The van der Waals surface area contributed by atoms with Gasteiger partial charge in [-0.3, -0.25) is 10.4 Å². The Morgan fingerprint density at radius 3 is 2.76 bits per heavy atom. The highest BCUT2D eigenvalue weighted by molar-refractivity contribution is 6.14. The average molecular weight is 444 g/mol. The second kappa shape index (κ2) is 10.1. The van der Waals surface area contributed by atoms with E-state index < -0.39 is 0 Å². The summed E-state index contributed by atoms with van der Waals surface area (Å²) in [5.41, 5.74) is 11.6. The van der Waals surface area contributed by atoms with Crippen molar-refractivity contribution in [1.82, 2.24) is 15.2 Å². The predicted octanol–water partition coefficient (Wildman–Crippen LogP) is 3.78. The van der Waals surface area contributed by atoms with Crippen molar-refractivity contribution in [3.05, 3.63) is 64.8 Å². The van der Waals surface area contributed by atoms with Crippen LogP contribution in [-0.2, 0) is 6.54 Å². The van der Waals surface area contributed by atoms with Crippen LogP contribution in [0.4, 0.5) is 5.69 Å². The molecule has 4 rings (SSSR count). The molecule has 1 saturated heterocycles. The van der Waals surface area contributed by atoms with Crippen molar-refractivity contribution in [2.24, 2.45) is 4.99 Å². The van der Waals surface area contributed by atoms with E-state index in [4.69, 9.17) is 16.6 Å². The summed E-state index contributed by atoms with van der Waals surface area (Å²) in [5.74, 6) is -0.232. The molecule has 2 heterocycles.